The SMILES string of the molecule is Cc1c(F)cccc1NCC1CC2C=CC1C2. The lowest BCUT2D eigenvalue weighted by Gasteiger charge is -2.20. The van der Waals surface area contributed by atoms with Crippen molar-refractivity contribution in [2.45, 2.75) is 19.8 Å². The number of benzene rings is 1. The molecule has 0 saturated heterocycles. The fourth-order valence-corrected chi connectivity index (χ4v) is 3.17. The van der Waals surface area contributed by atoms with Gasteiger partial charge in [-0.2, -0.15) is 0 Å². The molecule has 1 saturated carbocycles. The number of anilines is 1. The summed E-state index contributed by atoms with van der Waals surface area (Å²) in [4.78, 5) is 0. The highest BCUT2D eigenvalue weighted by molar-refractivity contribution is 5.51. The summed E-state index contributed by atoms with van der Waals surface area (Å²) in [5, 5.41) is 3.41. The number of nitrogens with one attached hydrogen (secondary N) is 1. The van der Waals surface area contributed by atoms with Crippen LogP contribution in [0.3, 0.4) is 0 Å². The van der Waals surface area contributed by atoms with Gasteiger partial charge in [0.1, 0.15) is 5.82 Å². The van der Waals surface area contributed by atoms with Gasteiger partial charge < -0.3 is 5.32 Å². The van der Waals surface area contributed by atoms with Gasteiger partial charge in [-0.25, -0.2) is 4.39 Å². The van der Waals surface area contributed by atoms with Crippen LogP contribution in [0.5, 0.6) is 0 Å². The molecule has 2 bridgehead atoms. The van der Waals surface area contributed by atoms with E-state index in [4.69, 9.17) is 0 Å². The maximum atomic E-state index is 13.4. The third-order valence-corrected chi connectivity index (χ3v) is 4.24. The van der Waals surface area contributed by atoms with Crippen molar-refractivity contribution in [3.05, 3.63) is 41.7 Å². The quantitative estimate of drug-likeness (QED) is 0.781. The van der Waals surface area contributed by atoms with Crippen molar-refractivity contribution >= 4 is 5.69 Å². The van der Waals surface area contributed by atoms with E-state index in [1.165, 1.54) is 18.9 Å². The van der Waals surface area contributed by atoms with Gasteiger partial charge in [0.15, 0.2) is 0 Å². The zero-order valence-electron chi connectivity index (χ0n) is 10.1. The van der Waals surface area contributed by atoms with Gasteiger partial charge in [-0.1, -0.05) is 18.2 Å². The molecule has 0 heterocycles. The molecule has 1 N–H and O–H groups in total. The van der Waals surface area contributed by atoms with Crippen LogP contribution in [0.2, 0.25) is 0 Å². The molecule has 90 valence electrons. The first kappa shape index (κ1) is 10.8. The second-order valence-electron chi connectivity index (χ2n) is 5.33. The van der Waals surface area contributed by atoms with Gasteiger partial charge in [-0.15, -0.1) is 0 Å². The topological polar surface area (TPSA) is 12.0 Å². The fraction of sp³-hybridized carbons (Fsp3) is 0.467. The molecule has 3 rings (SSSR count). The zero-order valence-corrected chi connectivity index (χ0v) is 10.1. The standard InChI is InChI=1S/C15H18FN/c1-10-14(16)3-2-4-15(10)17-9-13-8-11-5-6-12(13)7-11/h2-6,11-13,17H,7-9H2,1H3. The Labute approximate surface area is 102 Å². The predicted octanol–water partition coefficient (Wildman–Crippen LogP) is 3.76. The molecule has 0 amide bonds. The van der Waals surface area contributed by atoms with Gasteiger partial charge in [0.25, 0.3) is 0 Å². The monoisotopic (exact) mass is 231 g/mol. The van der Waals surface area contributed by atoms with Gasteiger partial charge in [0.2, 0.25) is 0 Å². The number of halogens is 1. The van der Waals surface area contributed by atoms with E-state index in [1.807, 2.05) is 13.0 Å². The molecule has 0 radical (unpaired) electrons. The molecule has 3 unspecified atom stereocenters. The third kappa shape index (κ3) is 1.97. The van der Waals surface area contributed by atoms with Crippen LogP contribution in [-0.4, -0.2) is 6.54 Å². The van der Waals surface area contributed by atoms with Crippen LogP contribution in [-0.2, 0) is 0 Å². The fourth-order valence-electron chi connectivity index (χ4n) is 3.17. The Bertz CT molecular complexity index is 452. The van der Waals surface area contributed by atoms with E-state index in [0.717, 1.165) is 35.5 Å². The number of hydrogen-bond donors (Lipinski definition) is 1. The summed E-state index contributed by atoms with van der Waals surface area (Å²) >= 11 is 0. The molecule has 1 aromatic carbocycles. The Morgan fingerprint density at radius 1 is 1.29 bits per heavy atom. The minimum absolute atomic E-state index is 0.122. The van der Waals surface area contributed by atoms with E-state index in [1.54, 1.807) is 6.07 Å². The number of rotatable bonds is 3. The van der Waals surface area contributed by atoms with Crippen LogP contribution >= 0.6 is 0 Å². The van der Waals surface area contributed by atoms with Gasteiger partial charge in [0, 0.05) is 17.8 Å². The zero-order chi connectivity index (χ0) is 11.8. The van der Waals surface area contributed by atoms with E-state index in [2.05, 4.69) is 17.5 Å². The van der Waals surface area contributed by atoms with Crippen LogP contribution in [0.1, 0.15) is 18.4 Å². The molecular weight excluding hydrogens is 213 g/mol. The first-order valence-corrected chi connectivity index (χ1v) is 6.41. The summed E-state index contributed by atoms with van der Waals surface area (Å²) in [6.45, 7) is 2.80. The highest BCUT2D eigenvalue weighted by atomic mass is 19.1. The van der Waals surface area contributed by atoms with Crippen molar-refractivity contribution in [1.29, 1.82) is 0 Å². The number of fused-ring (bicyclic) bond motifs is 2. The highest BCUT2D eigenvalue weighted by Crippen LogP contribution is 2.43. The molecule has 0 aliphatic heterocycles. The smallest absolute Gasteiger partial charge is 0.128 e. The van der Waals surface area contributed by atoms with Crippen LogP contribution in [0.25, 0.3) is 0 Å². The van der Waals surface area contributed by atoms with E-state index < -0.39 is 0 Å². The summed E-state index contributed by atoms with van der Waals surface area (Å²) in [5.74, 6) is 2.16. The van der Waals surface area contributed by atoms with Crippen molar-refractivity contribution in [2.24, 2.45) is 17.8 Å². The molecule has 1 aromatic rings. The lowest BCUT2D eigenvalue weighted by molar-refractivity contribution is 0.471. The largest absolute Gasteiger partial charge is 0.384 e. The van der Waals surface area contributed by atoms with Crippen LogP contribution in [0.15, 0.2) is 30.4 Å². The Hall–Kier alpha value is -1.31. The van der Waals surface area contributed by atoms with Crippen LogP contribution < -0.4 is 5.32 Å². The first-order valence-electron chi connectivity index (χ1n) is 6.41. The minimum atomic E-state index is -0.122. The van der Waals surface area contributed by atoms with Gasteiger partial charge >= 0.3 is 0 Å². The molecule has 3 atom stereocenters. The lowest BCUT2D eigenvalue weighted by atomic mass is 9.93. The highest BCUT2D eigenvalue weighted by Gasteiger charge is 2.35. The van der Waals surface area contributed by atoms with Gasteiger partial charge in [-0.05, 0) is 49.7 Å². The van der Waals surface area contributed by atoms with Crippen LogP contribution in [0, 0.1) is 30.5 Å². The Morgan fingerprint density at radius 3 is 2.88 bits per heavy atom. The van der Waals surface area contributed by atoms with Crippen molar-refractivity contribution in [1.82, 2.24) is 0 Å². The number of allylic oxidation sites excluding steroid dienone is 2. The van der Waals surface area contributed by atoms with Crippen molar-refractivity contribution in [3.8, 4) is 0 Å². The van der Waals surface area contributed by atoms with E-state index in [-0.39, 0.29) is 5.82 Å². The lowest BCUT2D eigenvalue weighted by Crippen LogP contribution is -2.18. The van der Waals surface area contributed by atoms with Crippen molar-refractivity contribution < 1.29 is 4.39 Å². The average molecular weight is 231 g/mol. The maximum Gasteiger partial charge on any atom is 0.128 e. The minimum Gasteiger partial charge on any atom is -0.384 e. The summed E-state index contributed by atoms with van der Waals surface area (Å²) in [7, 11) is 0. The molecule has 2 aliphatic carbocycles. The van der Waals surface area contributed by atoms with Gasteiger partial charge in [0.05, 0.1) is 0 Å². The summed E-state index contributed by atoms with van der Waals surface area (Å²) < 4.78 is 13.4. The third-order valence-electron chi connectivity index (χ3n) is 4.24. The van der Waals surface area contributed by atoms with E-state index in [0.29, 0.717) is 0 Å². The molecule has 17 heavy (non-hydrogen) atoms. The van der Waals surface area contributed by atoms with Crippen LogP contribution in [0.4, 0.5) is 10.1 Å². The van der Waals surface area contributed by atoms with Crippen molar-refractivity contribution in [2.75, 3.05) is 11.9 Å². The van der Waals surface area contributed by atoms with E-state index >= 15 is 0 Å². The molecule has 1 fully saturated rings. The summed E-state index contributed by atoms with van der Waals surface area (Å²) in [5.41, 5.74) is 1.67. The second kappa shape index (κ2) is 4.17. The Morgan fingerprint density at radius 2 is 2.18 bits per heavy atom. The van der Waals surface area contributed by atoms with Crippen molar-refractivity contribution in [3.63, 3.8) is 0 Å². The van der Waals surface area contributed by atoms with Gasteiger partial charge in [-0.3, -0.25) is 0 Å². The molecule has 0 spiro atoms. The number of hydrogen-bond acceptors (Lipinski definition) is 1. The molecule has 0 aromatic heterocycles. The summed E-state index contributed by atoms with van der Waals surface area (Å²) in [6, 6.07) is 5.24. The molecule has 2 aliphatic rings. The Kier molecular flexibility index (Phi) is 2.65. The summed E-state index contributed by atoms with van der Waals surface area (Å²) in [6.07, 6.45) is 7.34. The second-order valence-corrected chi connectivity index (χ2v) is 5.33. The normalized spacial score (nSPS) is 29.9. The first-order chi connectivity index (χ1) is 8.24. The predicted molar refractivity (Wildman–Crippen MR) is 68.5 cm³/mol. The Balaban J connectivity index is 1.65. The molecular formula is C15H18FN. The maximum absolute atomic E-state index is 13.4. The molecule has 1 nitrogen and oxygen atoms in total. The molecule has 2 heteroatoms. The van der Waals surface area contributed by atoms with E-state index in [9.17, 15) is 4.39 Å². The average Bonchev–Trinajstić information content (AvgIpc) is 2.93.